The molecule has 34 heavy (non-hydrogen) atoms. The summed E-state index contributed by atoms with van der Waals surface area (Å²) in [6, 6.07) is 19.1. The third kappa shape index (κ3) is 5.17. The van der Waals surface area contributed by atoms with Gasteiger partial charge < -0.3 is 20.6 Å². The van der Waals surface area contributed by atoms with Crippen LogP contribution in [0.3, 0.4) is 0 Å². The number of aryl methyl sites for hydroxylation is 1. The van der Waals surface area contributed by atoms with E-state index in [2.05, 4.69) is 21.6 Å². The van der Waals surface area contributed by atoms with Crippen molar-refractivity contribution >= 4 is 45.9 Å². The second-order valence-corrected chi connectivity index (χ2v) is 9.46. The molecule has 172 valence electrons. The lowest BCUT2D eigenvalue weighted by Crippen LogP contribution is -2.11. The van der Waals surface area contributed by atoms with Crippen molar-refractivity contribution in [3.8, 4) is 6.07 Å². The van der Waals surface area contributed by atoms with Crippen LogP contribution >= 0.6 is 11.3 Å². The second kappa shape index (κ2) is 9.91. The van der Waals surface area contributed by atoms with E-state index in [-0.39, 0.29) is 12.3 Å². The Hall–Kier alpha value is -3.93. The van der Waals surface area contributed by atoms with Gasteiger partial charge in [0.1, 0.15) is 0 Å². The van der Waals surface area contributed by atoms with Crippen LogP contribution in [0.5, 0.6) is 0 Å². The van der Waals surface area contributed by atoms with Crippen LogP contribution < -0.4 is 10.6 Å². The number of amides is 1. The van der Waals surface area contributed by atoms with Gasteiger partial charge in [0.25, 0.3) is 5.91 Å². The molecule has 0 bridgehead atoms. The van der Waals surface area contributed by atoms with E-state index in [1.54, 1.807) is 18.2 Å². The molecule has 0 atom stereocenters. The Morgan fingerprint density at radius 1 is 1.15 bits per heavy atom. The number of fused-ring (bicyclic) bond motifs is 1. The highest BCUT2D eigenvalue weighted by molar-refractivity contribution is 7.13. The highest BCUT2D eigenvalue weighted by Gasteiger charge is 2.29. The number of carbonyl (C=O) groups excluding carboxylic acids is 1. The molecule has 0 saturated carbocycles. The minimum Gasteiger partial charge on any atom is -0.481 e. The standard InChI is InChI=1S/C26H24N4O3S/c1-30(2)15-16-3-6-18(7-4-16)28-25(22-11-8-19(34-22)9-12-23(31)32)24-20-10-5-17(14-27)13-21(20)29-26(24)33/h3-8,10-11,13,28H,9,12,15H2,1-2H3,(H,29,33)(H,31,32)/b25-24-. The molecule has 0 unspecified atom stereocenters. The van der Waals surface area contributed by atoms with Crippen LogP contribution in [0, 0.1) is 11.3 Å². The molecule has 0 spiro atoms. The molecule has 4 rings (SSSR count). The van der Waals surface area contributed by atoms with Crippen molar-refractivity contribution in [1.82, 2.24) is 4.90 Å². The van der Waals surface area contributed by atoms with Crippen LogP contribution in [-0.2, 0) is 22.6 Å². The van der Waals surface area contributed by atoms with Crippen molar-refractivity contribution in [2.24, 2.45) is 0 Å². The van der Waals surface area contributed by atoms with Crippen LogP contribution in [0.25, 0.3) is 11.3 Å². The number of benzene rings is 2. The molecule has 1 aromatic heterocycles. The van der Waals surface area contributed by atoms with E-state index in [0.29, 0.717) is 28.9 Å². The first kappa shape index (κ1) is 23.2. The Balaban J connectivity index is 1.76. The fraction of sp³-hybridized carbons (Fsp3) is 0.192. The maximum Gasteiger partial charge on any atom is 0.303 e. The van der Waals surface area contributed by atoms with E-state index in [9.17, 15) is 14.9 Å². The van der Waals surface area contributed by atoms with Gasteiger partial charge in [0.05, 0.1) is 39.9 Å². The number of carboxylic acid groups (broad SMARTS) is 1. The van der Waals surface area contributed by atoms with E-state index in [1.807, 2.05) is 50.5 Å². The van der Waals surface area contributed by atoms with Crippen molar-refractivity contribution in [1.29, 1.82) is 5.26 Å². The number of anilines is 2. The molecule has 0 radical (unpaired) electrons. The summed E-state index contributed by atoms with van der Waals surface area (Å²) in [4.78, 5) is 27.9. The van der Waals surface area contributed by atoms with Crippen molar-refractivity contribution in [3.05, 3.63) is 81.0 Å². The Labute approximate surface area is 202 Å². The van der Waals surface area contributed by atoms with Crippen molar-refractivity contribution < 1.29 is 14.7 Å². The molecule has 0 aliphatic carbocycles. The van der Waals surface area contributed by atoms with Crippen molar-refractivity contribution in [3.63, 3.8) is 0 Å². The summed E-state index contributed by atoms with van der Waals surface area (Å²) in [5.41, 5.74) is 4.93. The van der Waals surface area contributed by atoms with Crippen LogP contribution in [0.1, 0.15) is 32.9 Å². The summed E-state index contributed by atoms with van der Waals surface area (Å²) >= 11 is 1.46. The maximum atomic E-state index is 13.1. The van der Waals surface area contributed by atoms with Gasteiger partial charge in [-0.1, -0.05) is 18.2 Å². The van der Waals surface area contributed by atoms with Crippen LogP contribution in [0.2, 0.25) is 0 Å². The predicted octanol–water partition coefficient (Wildman–Crippen LogP) is 4.63. The molecule has 7 nitrogen and oxygen atoms in total. The van der Waals surface area contributed by atoms with Crippen LogP contribution in [0.4, 0.5) is 11.4 Å². The van der Waals surface area contributed by atoms with Gasteiger partial charge >= 0.3 is 5.97 Å². The Morgan fingerprint density at radius 3 is 2.59 bits per heavy atom. The number of carbonyl (C=O) groups is 2. The average molecular weight is 473 g/mol. The minimum absolute atomic E-state index is 0.0485. The number of rotatable bonds is 8. The molecule has 2 aromatic carbocycles. The van der Waals surface area contributed by atoms with Gasteiger partial charge in [-0.15, -0.1) is 11.3 Å². The largest absolute Gasteiger partial charge is 0.481 e. The van der Waals surface area contributed by atoms with Crippen LogP contribution in [0.15, 0.2) is 54.6 Å². The zero-order valence-electron chi connectivity index (χ0n) is 18.9. The Morgan fingerprint density at radius 2 is 1.91 bits per heavy atom. The smallest absolute Gasteiger partial charge is 0.303 e. The first-order valence-electron chi connectivity index (χ1n) is 10.8. The molecule has 1 amide bonds. The van der Waals surface area contributed by atoms with E-state index < -0.39 is 5.97 Å². The first-order valence-corrected chi connectivity index (χ1v) is 11.6. The van der Waals surface area contributed by atoms with Gasteiger partial charge in [-0.3, -0.25) is 9.59 Å². The number of hydrogen-bond donors (Lipinski definition) is 3. The van der Waals surface area contributed by atoms with Gasteiger partial charge in [0.15, 0.2) is 0 Å². The van der Waals surface area contributed by atoms with E-state index in [0.717, 1.165) is 27.5 Å². The minimum atomic E-state index is -0.845. The highest BCUT2D eigenvalue weighted by atomic mass is 32.1. The molecule has 1 aliphatic heterocycles. The predicted molar refractivity (Wildman–Crippen MR) is 134 cm³/mol. The zero-order chi connectivity index (χ0) is 24.2. The molecule has 8 heteroatoms. The molecule has 3 N–H and O–H groups in total. The van der Waals surface area contributed by atoms with Gasteiger partial charge in [-0.05, 0) is 62.5 Å². The number of nitrogens with one attached hydrogen (secondary N) is 2. The van der Waals surface area contributed by atoms with Gasteiger partial charge in [-0.25, -0.2) is 0 Å². The molecule has 0 saturated heterocycles. The number of nitriles is 1. The fourth-order valence-electron chi connectivity index (χ4n) is 3.82. The number of thiophene rings is 1. The fourth-order valence-corrected chi connectivity index (χ4v) is 4.83. The lowest BCUT2D eigenvalue weighted by atomic mass is 10.0. The summed E-state index contributed by atoms with van der Waals surface area (Å²) in [5.74, 6) is -1.10. The maximum absolute atomic E-state index is 13.1. The molecule has 2 heterocycles. The number of aliphatic carboxylic acids is 1. The Bertz CT molecular complexity index is 1320. The highest BCUT2D eigenvalue weighted by Crippen LogP contribution is 2.39. The molecule has 1 aliphatic rings. The third-order valence-electron chi connectivity index (χ3n) is 5.36. The summed E-state index contributed by atoms with van der Waals surface area (Å²) in [5, 5.41) is 24.5. The lowest BCUT2D eigenvalue weighted by Gasteiger charge is -2.14. The Kier molecular flexibility index (Phi) is 6.77. The van der Waals surface area contributed by atoms with Crippen LogP contribution in [-0.4, -0.2) is 36.0 Å². The normalized spacial score (nSPS) is 13.9. The quantitative estimate of drug-likeness (QED) is 0.413. The second-order valence-electron chi connectivity index (χ2n) is 8.30. The molecule has 3 aromatic rings. The average Bonchev–Trinajstić information content (AvgIpc) is 3.40. The van der Waals surface area contributed by atoms with E-state index in [4.69, 9.17) is 5.11 Å². The van der Waals surface area contributed by atoms with E-state index >= 15 is 0 Å². The molecular formula is C26H24N4O3S. The van der Waals surface area contributed by atoms with Gasteiger partial charge in [0, 0.05) is 22.7 Å². The number of carboxylic acids is 1. The van der Waals surface area contributed by atoms with Crippen molar-refractivity contribution in [2.45, 2.75) is 19.4 Å². The lowest BCUT2D eigenvalue weighted by molar-refractivity contribution is -0.136. The summed E-state index contributed by atoms with van der Waals surface area (Å²) in [6.45, 7) is 0.823. The van der Waals surface area contributed by atoms with Crippen molar-refractivity contribution in [2.75, 3.05) is 24.7 Å². The van der Waals surface area contributed by atoms with Gasteiger partial charge in [-0.2, -0.15) is 5.26 Å². The topological polar surface area (TPSA) is 105 Å². The summed E-state index contributed by atoms with van der Waals surface area (Å²) in [6.07, 6.45) is 0.475. The summed E-state index contributed by atoms with van der Waals surface area (Å²) in [7, 11) is 4.03. The number of nitrogens with zero attached hydrogens (tertiary/aromatic N) is 2. The zero-order valence-corrected chi connectivity index (χ0v) is 19.7. The van der Waals surface area contributed by atoms with Gasteiger partial charge in [0.2, 0.25) is 0 Å². The molecular weight excluding hydrogens is 448 g/mol. The third-order valence-corrected chi connectivity index (χ3v) is 6.52. The monoisotopic (exact) mass is 472 g/mol. The summed E-state index contributed by atoms with van der Waals surface area (Å²) < 4.78 is 0. The number of hydrogen-bond acceptors (Lipinski definition) is 6. The SMILES string of the molecule is CN(C)Cc1ccc(N/C(=C2\C(=O)Nc3cc(C#N)ccc32)c2ccc(CCC(=O)O)s2)cc1. The first-order chi connectivity index (χ1) is 16.3. The molecule has 0 fully saturated rings. The van der Waals surface area contributed by atoms with E-state index in [1.165, 1.54) is 16.9 Å².